The van der Waals surface area contributed by atoms with Crippen LogP contribution in [0, 0.1) is 12.8 Å². The van der Waals surface area contributed by atoms with Gasteiger partial charge in [0.15, 0.2) is 16.7 Å². The van der Waals surface area contributed by atoms with E-state index < -0.39 is 0 Å². The van der Waals surface area contributed by atoms with Crippen molar-refractivity contribution in [3.05, 3.63) is 48.2 Å². The van der Waals surface area contributed by atoms with Crippen molar-refractivity contribution in [2.75, 3.05) is 11.1 Å². The Morgan fingerprint density at radius 1 is 1.27 bits per heavy atom. The second-order valence-corrected chi connectivity index (χ2v) is 7.44. The highest BCUT2D eigenvalue weighted by Gasteiger charge is 2.18. The van der Waals surface area contributed by atoms with Crippen molar-refractivity contribution in [2.45, 2.75) is 32.5 Å². The fraction of sp³-hybridized carbons (Fsp3) is 0.316. The van der Waals surface area contributed by atoms with E-state index in [2.05, 4.69) is 29.4 Å². The summed E-state index contributed by atoms with van der Waals surface area (Å²) >= 11 is 1.37. The fourth-order valence-corrected chi connectivity index (χ4v) is 3.31. The molecule has 1 amide bonds. The highest BCUT2D eigenvalue weighted by Crippen LogP contribution is 2.25. The molecule has 0 saturated carbocycles. The van der Waals surface area contributed by atoms with Crippen molar-refractivity contribution in [2.24, 2.45) is 5.92 Å². The SMILES string of the molecule is Cc1cccc(NC(=O)CSc2nnc(-c3ccco3)n2CC(C)C)c1. The molecule has 1 N–H and O–H groups in total. The van der Waals surface area contributed by atoms with Crippen molar-refractivity contribution < 1.29 is 9.21 Å². The smallest absolute Gasteiger partial charge is 0.234 e. The van der Waals surface area contributed by atoms with Gasteiger partial charge in [0.2, 0.25) is 5.91 Å². The standard InChI is InChI=1S/C19H22N4O2S/c1-13(2)11-23-18(16-8-5-9-25-16)21-22-19(23)26-12-17(24)20-15-7-4-6-14(3)10-15/h4-10,13H,11-12H2,1-3H3,(H,20,24). The summed E-state index contributed by atoms with van der Waals surface area (Å²) in [7, 11) is 0. The zero-order valence-corrected chi connectivity index (χ0v) is 15.9. The van der Waals surface area contributed by atoms with E-state index >= 15 is 0 Å². The van der Waals surface area contributed by atoms with Crippen molar-refractivity contribution in [1.29, 1.82) is 0 Å². The molecule has 0 bridgehead atoms. The Bertz CT molecular complexity index is 872. The average Bonchev–Trinajstić information content (AvgIpc) is 3.22. The zero-order valence-electron chi connectivity index (χ0n) is 15.1. The number of nitrogens with one attached hydrogen (secondary N) is 1. The van der Waals surface area contributed by atoms with Crippen LogP contribution in [-0.2, 0) is 11.3 Å². The number of nitrogens with zero attached hydrogens (tertiary/aromatic N) is 3. The molecule has 3 rings (SSSR count). The third kappa shape index (κ3) is 4.54. The number of carbonyl (C=O) groups is 1. The summed E-state index contributed by atoms with van der Waals surface area (Å²) in [6.45, 7) is 7.01. The first-order valence-electron chi connectivity index (χ1n) is 8.49. The maximum Gasteiger partial charge on any atom is 0.234 e. The van der Waals surface area contributed by atoms with Gasteiger partial charge >= 0.3 is 0 Å². The predicted molar refractivity (Wildman–Crippen MR) is 103 cm³/mol. The van der Waals surface area contributed by atoms with Gasteiger partial charge in [-0.25, -0.2) is 0 Å². The van der Waals surface area contributed by atoms with Gasteiger partial charge < -0.3 is 9.73 Å². The molecule has 0 spiro atoms. The third-order valence-corrected chi connectivity index (χ3v) is 4.61. The molecule has 136 valence electrons. The molecule has 26 heavy (non-hydrogen) atoms. The van der Waals surface area contributed by atoms with E-state index in [-0.39, 0.29) is 11.7 Å². The number of hydrogen-bond acceptors (Lipinski definition) is 5. The number of aromatic nitrogens is 3. The van der Waals surface area contributed by atoms with Crippen LogP contribution < -0.4 is 5.32 Å². The predicted octanol–water partition coefficient (Wildman–Crippen LogP) is 4.23. The number of rotatable bonds is 7. The Morgan fingerprint density at radius 2 is 2.12 bits per heavy atom. The van der Waals surface area contributed by atoms with Gasteiger partial charge in [0, 0.05) is 12.2 Å². The molecule has 6 nitrogen and oxygen atoms in total. The van der Waals surface area contributed by atoms with Crippen LogP contribution in [0.15, 0.2) is 52.2 Å². The maximum absolute atomic E-state index is 12.3. The number of carbonyl (C=O) groups excluding carboxylic acids is 1. The largest absolute Gasteiger partial charge is 0.461 e. The molecule has 0 saturated heterocycles. The third-order valence-electron chi connectivity index (χ3n) is 3.64. The van der Waals surface area contributed by atoms with E-state index in [0.29, 0.717) is 22.7 Å². The molecular weight excluding hydrogens is 348 g/mol. The van der Waals surface area contributed by atoms with Crippen LogP contribution in [-0.4, -0.2) is 26.4 Å². The van der Waals surface area contributed by atoms with Crippen molar-refractivity contribution in [3.63, 3.8) is 0 Å². The lowest BCUT2D eigenvalue weighted by molar-refractivity contribution is -0.113. The van der Waals surface area contributed by atoms with Gasteiger partial charge in [-0.2, -0.15) is 0 Å². The maximum atomic E-state index is 12.3. The van der Waals surface area contributed by atoms with Crippen LogP contribution in [0.4, 0.5) is 5.69 Å². The first-order valence-corrected chi connectivity index (χ1v) is 9.48. The number of anilines is 1. The monoisotopic (exact) mass is 370 g/mol. The van der Waals surface area contributed by atoms with E-state index in [4.69, 9.17) is 4.42 Å². The zero-order chi connectivity index (χ0) is 18.5. The van der Waals surface area contributed by atoms with E-state index in [1.165, 1.54) is 11.8 Å². The minimum absolute atomic E-state index is 0.0701. The number of thioether (sulfide) groups is 1. The van der Waals surface area contributed by atoms with Gasteiger partial charge in [0.25, 0.3) is 0 Å². The van der Waals surface area contributed by atoms with E-state index in [9.17, 15) is 4.79 Å². The molecule has 0 unspecified atom stereocenters. The molecule has 0 aliphatic carbocycles. The second-order valence-electron chi connectivity index (χ2n) is 6.49. The van der Waals surface area contributed by atoms with Gasteiger partial charge in [0.05, 0.1) is 12.0 Å². The number of amides is 1. The molecule has 0 fully saturated rings. The van der Waals surface area contributed by atoms with Gasteiger partial charge in [-0.15, -0.1) is 10.2 Å². The number of aryl methyl sites for hydroxylation is 1. The van der Waals surface area contributed by atoms with Crippen LogP contribution in [0.25, 0.3) is 11.6 Å². The van der Waals surface area contributed by atoms with Crippen molar-refractivity contribution >= 4 is 23.4 Å². The molecule has 2 heterocycles. The molecule has 3 aromatic rings. The molecule has 0 atom stereocenters. The van der Waals surface area contributed by atoms with Crippen LogP contribution in [0.2, 0.25) is 0 Å². The summed E-state index contributed by atoms with van der Waals surface area (Å²) in [5.74, 6) is 1.97. The highest BCUT2D eigenvalue weighted by atomic mass is 32.2. The van der Waals surface area contributed by atoms with Gasteiger partial charge in [-0.05, 0) is 42.7 Å². The lowest BCUT2D eigenvalue weighted by atomic mass is 10.2. The minimum atomic E-state index is -0.0701. The summed E-state index contributed by atoms with van der Waals surface area (Å²) in [6, 6.07) is 11.4. The molecule has 1 aromatic carbocycles. The molecule has 7 heteroatoms. The Kier molecular flexibility index (Phi) is 5.78. The Labute approximate surface area is 157 Å². The lowest BCUT2D eigenvalue weighted by Crippen LogP contribution is -2.15. The van der Waals surface area contributed by atoms with Crippen molar-refractivity contribution in [1.82, 2.24) is 14.8 Å². The molecule has 0 aliphatic rings. The van der Waals surface area contributed by atoms with E-state index in [0.717, 1.165) is 17.8 Å². The van der Waals surface area contributed by atoms with Crippen molar-refractivity contribution in [3.8, 4) is 11.6 Å². The molecule has 0 radical (unpaired) electrons. The van der Waals surface area contributed by atoms with Crippen LogP contribution in [0.5, 0.6) is 0 Å². The van der Waals surface area contributed by atoms with E-state index in [1.807, 2.05) is 47.9 Å². The van der Waals surface area contributed by atoms with Crippen LogP contribution in [0.3, 0.4) is 0 Å². The second kappa shape index (κ2) is 8.23. The highest BCUT2D eigenvalue weighted by molar-refractivity contribution is 7.99. The van der Waals surface area contributed by atoms with Crippen LogP contribution >= 0.6 is 11.8 Å². The van der Waals surface area contributed by atoms with Gasteiger partial charge in [-0.1, -0.05) is 37.7 Å². The normalized spacial score (nSPS) is 11.1. The van der Waals surface area contributed by atoms with E-state index in [1.54, 1.807) is 6.26 Å². The summed E-state index contributed by atoms with van der Waals surface area (Å²) < 4.78 is 7.47. The molecule has 0 aliphatic heterocycles. The number of hydrogen-bond donors (Lipinski definition) is 1. The Hall–Kier alpha value is -2.54. The minimum Gasteiger partial charge on any atom is -0.461 e. The first kappa shape index (κ1) is 18.3. The lowest BCUT2D eigenvalue weighted by Gasteiger charge is -2.11. The quantitative estimate of drug-likeness (QED) is 0.630. The van der Waals surface area contributed by atoms with Gasteiger partial charge in [0.1, 0.15) is 0 Å². The summed E-state index contributed by atoms with van der Waals surface area (Å²) in [5, 5.41) is 12.1. The number of furan rings is 1. The van der Waals surface area contributed by atoms with Crippen LogP contribution in [0.1, 0.15) is 19.4 Å². The first-order chi connectivity index (χ1) is 12.5. The Morgan fingerprint density at radius 3 is 2.81 bits per heavy atom. The topological polar surface area (TPSA) is 73.0 Å². The Balaban J connectivity index is 1.70. The summed E-state index contributed by atoms with van der Waals surface area (Å²) in [4.78, 5) is 12.3. The fourth-order valence-electron chi connectivity index (χ4n) is 2.56. The molecular formula is C19H22N4O2S. The summed E-state index contributed by atoms with van der Waals surface area (Å²) in [6.07, 6.45) is 1.62. The number of benzene rings is 1. The van der Waals surface area contributed by atoms with Gasteiger partial charge in [-0.3, -0.25) is 9.36 Å². The molecule has 2 aromatic heterocycles. The average molecular weight is 370 g/mol. The summed E-state index contributed by atoms with van der Waals surface area (Å²) in [5.41, 5.74) is 1.91.